The number of carbonyl (C=O) groups excluding carboxylic acids is 1. The van der Waals surface area contributed by atoms with Gasteiger partial charge in [0.15, 0.2) is 5.16 Å². The number of hydrogen-bond donors (Lipinski definition) is 0. The summed E-state index contributed by atoms with van der Waals surface area (Å²) in [5.41, 5.74) is 5.31. The minimum atomic E-state index is -0.140. The van der Waals surface area contributed by atoms with Crippen molar-refractivity contribution < 1.29 is 4.79 Å². The fourth-order valence-electron chi connectivity index (χ4n) is 6.53. The summed E-state index contributed by atoms with van der Waals surface area (Å²) < 4.78 is 1.89. The Kier molecular flexibility index (Phi) is 8.91. The highest BCUT2D eigenvalue weighted by atomic mass is 32.2. The molecule has 1 fully saturated rings. The van der Waals surface area contributed by atoms with Gasteiger partial charge in [-0.05, 0) is 49.7 Å². The summed E-state index contributed by atoms with van der Waals surface area (Å²) in [6.45, 7) is 6.30. The topological polar surface area (TPSA) is 55.2 Å². The lowest BCUT2D eigenvalue weighted by molar-refractivity contribution is -0.128. The lowest BCUT2D eigenvalue weighted by Crippen LogP contribution is -2.43. The van der Waals surface area contributed by atoms with Gasteiger partial charge < -0.3 is 4.90 Å². The van der Waals surface area contributed by atoms with Gasteiger partial charge in [-0.2, -0.15) is 0 Å². The van der Waals surface area contributed by atoms with Gasteiger partial charge in [-0.3, -0.25) is 14.2 Å². The summed E-state index contributed by atoms with van der Waals surface area (Å²) in [6.07, 6.45) is 9.17. The Morgan fingerprint density at radius 1 is 0.974 bits per heavy atom. The number of rotatable bonds is 10. The van der Waals surface area contributed by atoms with Crippen molar-refractivity contribution in [1.29, 1.82) is 0 Å². The zero-order valence-corrected chi connectivity index (χ0v) is 24.3. The van der Waals surface area contributed by atoms with Gasteiger partial charge in [0.05, 0.1) is 17.0 Å². The van der Waals surface area contributed by atoms with Crippen molar-refractivity contribution in [3.63, 3.8) is 0 Å². The van der Waals surface area contributed by atoms with Crippen LogP contribution in [0, 0.1) is 0 Å². The maximum absolute atomic E-state index is 14.5. The summed E-state index contributed by atoms with van der Waals surface area (Å²) in [6, 6.07) is 18.8. The number of nitrogens with zero attached hydrogens (tertiary/aromatic N) is 3. The molecule has 0 unspecified atom stereocenters. The number of aromatic nitrogens is 2. The van der Waals surface area contributed by atoms with Crippen molar-refractivity contribution in [3.05, 3.63) is 81.6 Å². The van der Waals surface area contributed by atoms with Crippen LogP contribution < -0.4 is 5.56 Å². The number of benzene rings is 2. The first-order valence-corrected chi connectivity index (χ1v) is 15.7. The van der Waals surface area contributed by atoms with E-state index in [1.165, 1.54) is 29.3 Å². The van der Waals surface area contributed by atoms with E-state index < -0.39 is 0 Å². The molecule has 1 heterocycles. The molecule has 0 radical (unpaired) electrons. The van der Waals surface area contributed by atoms with Crippen LogP contribution >= 0.6 is 11.8 Å². The molecule has 1 aromatic heterocycles. The van der Waals surface area contributed by atoms with E-state index in [-0.39, 0.29) is 16.9 Å². The van der Waals surface area contributed by atoms with Crippen molar-refractivity contribution in [2.45, 2.75) is 88.8 Å². The van der Waals surface area contributed by atoms with Crippen LogP contribution in [-0.4, -0.2) is 39.2 Å². The highest BCUT2D eigenvalue weighted by Gasteiger charge is 2.43. The first kappa shape index (κ1) is 27.7. The number of fused-ring (bicyclic) bond motifs is 4. The van der Waals surface area contributed by atoms with E-state index >= 15 is 0 Å². The monoisotopic (exact) mass is 543 g/mol. The number of carbonyl (C=O) groups is 1. The van der Waals surface area contributed by atoms with E-state index in [1.807, 2.05) is 33.7 Å². The second kappa shape index (κ2) is 12.5. The molecular weight excluding hydrogens is 502 g/mol. The maximum Gasteiger partial charge on any atom is 0.258 e. The average Bonchev–Trinajstić information content (AvgIpc) is 2.96. The Hall–Kier alpha value is -2.86. The van der Waals surface area contributed by atoms with Crippen LogP contribution in [0.2, 0.25) is 0 Å². The molecule has 0 atom stereocenters. The zero-order chi connectivity index (χ0) is 27.2. The highest BCUT2D eigenvalue weighted by Crippen LogP contribution is 2.48. The van der Waals surface area contributed by atoms with Crippen molar-refractivity contribution in [2.24, 2.45) is 0 Å². The van der Waals surface area contributed by atoms with Crippen LogP contribution in [0.4, 0.5) is 0 Å². The Morgan fingerprint density at radius 3 is 2.38 bits per heavy atom. The van der Waals surface area contributed by atoms with E-state index in [1.54, 1.807) is 0 Å². The summed E-state index contributed by atoms with van der Waals surface area (Å²) in [5, 5.41) is 0.665. The molecule has 1 amide bonds. The molecule has 0 aliphatic heterocycles. The molecular formula is C33H41N3O2S. The third-order valence-corrected chi connectivity index (χ3v) is 9.37. The Labute approximate surface area is 237 Å². The molecule has 0 N–H and O–H groups in total. The van der Waals surface area contributed by atoms with Gasteiger partial charge in [0.1, 0.15) is 0 Å². The Bertz CT molecular complexity index is 1340. The van der Waals surface area contributed by atoms with E-state index in [4.69, 9.17) is 4.98 Å². The normalized spacial score (nSPS) is 15.5. The lowest BCUT2D eigenvalue weighted by Gasteiger charge is -2.42. The van der Waals surface area contributed by atoms with E-state index in [0.29, 0.717) is 17.5 Å². The fraction of sp³-hybridized carbons (Fsp3) is 0.485. The SMILES string of the molecule is CCCN(CCC)C(=O)CSc1nc2c(c(=O)n1CCc1ccccc1)C1(CCCCC1)Cc1ccccc1-2. The number of hydrogen-bond acceptors (Lipinski definition) is 4. The molecule has 3 aromatic rings. The van der Waals surface area contributed by atoms with Gasteiger partial charge in [-0.15, -0.1) is 0 Å². The minimum Gasteiger partial charge on any atom is -0.342 e. The second-order valence-corrected chi connectivity index (χ2v) is 12.1. The zero-order valence-electron chi connectivity index (χ0n) is 23.5. The number of thioether (sulfide) groups is 1. The molecule has 206 valence electrons. The molecule has 1 saturated carbocycles. The Morgan fingerprint density at radius 2 is 1.67 bits per heavy atom. The van der Waals surface area contributed by atoms with E-state index in [0.717, 1.165) is 81.3 Å². The first-order chi connectivity index (χ1) is 19.1. The second-order valence-electron chi connectivity index (χ2n) is 11.2. The molecule has 5 rings (SSSR count). The molecule has 2 aromatic carbocycles. The van der Waals surface area contributed by atoms with Crippen LogP contribution in [0.15, 0.2) is 64.5 Å². The predicted molar refractivity (Wildman–Crippen MR) is 160 cm³/mol. The van der Waals surface area contributed by atoms with Gasteiger partial charge in [0, 0.05) is 30.6 Å². The molecule has 0 saturated heterocycles. The van der Waals surface area contributed by atoms with Crippen LogP contribution in [0.25, 0.3) is 11.3 Å². The standard InChI is InChI=1S/C33H41N3O2S/c1-3-20-35(21-4-2)28(37)24-39-32-34-30-27-16-10-9-15-26(27)23-33(18-11-6-12-19-33)29(30)31(38)36(32)22-17-25-13-7-5-8-14-25/h5,7-10,13-16H,3-4,6,11-12,17-24H2,1-2H3. The molecule has 2 aliphatic carbocycles. The number of aryl methyl sites for hydroxylation is 1. The van der Waals surface area contributed by atoms with Crippen molar-refractivity contribution in [1.82, 2.24) is 14.5 Å². The minimum absolute atomic E-state index is 0.0984. The molecule has 1 spiro atoms. The third kappa shape index (κ3) is 5.86. The van der Waals surface area contributed by atoms with E-state index in [2.05, 4.69) is 44.2 Å². The lowest BCUT2D eigenvalue weighted by atomic mass is 9.62. The van der Waals surface area contributed by atoms with Gasteiger partial charge in [0.25, 0.3) is 5.56 Å². The van der Waals surface area contributed by atoms with Gasteiger partial charge in [0.2, 0.25) is 5.91 Å². The molecule has 2 aliphatic rings. The summed E-state index contributed by atoms with van der Waals surface area (Å²) in [5.74, 6) is 0.415. The fourth-order valence-corrected chi connectivity index (χ4v) is 7.45. The van der Waals surface area contributed by atoms with Crippen LogP contribution in [0.5, 0.6) is 0 Å². The largest absolute Gasteiger partial charge is 0.342 e. The van der Waals surface area contributed by atoms with Crippen molar-refractivity contribution >= 4 is 17.7 Å². The van der Waals surface area contributed by atoms with E-state index in [9.17, 15) is 9.59 Å². The summed E-state index contributed by atoms with van der Waals surface area (Å²) in [4.78, 5) is 34.9. The maximum atomic E-state index is 14.5. The predicted octanol–water partition coefficient (Wildman–Crippen LogP) is 6.65. The van der Waals surface area contributed by atoms with Crippen molar-refractivity contribution in [3.8, 4) is 11.3 Å². The van der Waals surface area contributed by atoms with Gasteiger partial charge in [-0.25, -0.2) is 4.98 Å². The molecule has 5 nitrogen and oxygen atoms in total. The Balaban J connectivity index is 1.58. The molecule has 0 bridgehead atoms. The third-order valence-electron chi connectivity index (χ3n) is 8.41. The number of amides is 1. The molecule has 6 heteroatoms. The van der Waals surface area contributed by atoms with Gasteiger partial charge in [-0.1, -0.05) is 99.5 Å². The smallest absolute Gasteiger partial charge is 0.258 e. The quantitative estimate of drug-likeness (QED) is 0.212. The highest BCUT2D eigenvalue weighted by molar-refractivity contribution is 7.99. The van der Waals surface area contributed by atoms with Crippen LogP contribution in [0.1, 0.15) is 75.5 Å². The average molecular weight is 544 g/mol. The summed E-state index contributed by atoms with van der Waals surface area (Å²) >= 11 is 1.43. The van der Waals surface area contributed by atoms with Crippen molar-refractivity contribution in [2.75, 3.05) is 18.8 Å². The molecule has 39 heavy (non-hydrogen) atoms. The summed E-state index contributed by atoms with van der Waals surface area (Å²) in [7, 11) is 0. The van der Waals surface area contributed by atoms with Crippen LogP contribution in [-0.2, 0) is 29.6 Å². The van der Waals surface area contributed by atoms with Gasteiger partial charge >= 0.3 is 0 Å². The van der Waals surface area contributed by atoms with Crippen LogP contribution in [0.3, 0.4) is 0 Å². The first-order valence-electron chi connectivity index (χ1n) is 14.7.